The second kappa shape index (κ2) is 10.9. The number of morpholine rings is 1. The molecule has 1 fully saturated rings. The molecule has 1 aliphatic rings. The Bertz CT molecular complexity index is 1010. The fraction of sp³-hybridized carbons (Fsp3) is 0.409. The van der Waals surface area contributed by atoms with Crippen LogP contribution in [-0.4, -0.2) is 65.2 Å². The van der Waals surface area contributed by atoms with Gasteiger partial charge in [-0.1, -0.05) is 24.3 Å². The van der Waals surface area contributed by atoms with Crippen LogP contribution < -0.4 is 14.8 Å². The molecular weight excluding hydrogens is 437 g/mol. The van der Waals surface area contributed by atoms with E-state index >= 15 is 0 Å². The van der Waals surface area contributed by atoms with Crippen molar-refractivity contribution in [3.05, 3.63) is 59.9 Å². The number of carbonyl (C=O) groups is 1. The molecule has 1 unspecified atom stereocenters. The summed E-state index contributed by atoms with van der Waals surface area (Å²) in [5.74, 6) is -0.647. The van der Waals surface area contributed by atoms with Crippen LogP contribution in [0.25, 0.3) is 0 Å². The molecule has 0 aromatic heterocycles. The SMILES string of the molecule is COc1ccc(C(CNC(=O)[C@H](C)NS(=O)(=O)c2ccccc2F)N2CCOCC2)cc1. The van der Waals surface area contributed by atoms with Crippen molar-refractivity contribution in [3.63, 3.8) is 0 Å². The van der Waals surface area contributed by atoms with E-state index in [0.717, 1.165) is 23.4 Å². The van der Waals surface area contributed by atoms with Gasteiger partial charge in [-0.2, -0.15) is 4.72 Å². The first-order valence-corrected chi connectivity index (χ1v) is 11.8. The first-order valence-electron chi connectivity index (χ1n) is 10.3. The molecule has 0 spiro atoms. The van der Waals surface area contributed by atoms with Crippen molar-refractivity contribution in [1.29, 1.82) is 0 Å². The molecular formula is C22H28FN3O5S. The van der Waals surface area contributed by atoms with Crippen LogP contribution in [0.4, 0.5) is 4.39 Å². The number of nitrogens with one attached hydrogen (secondary N) is 2. The number of ether oxygens (including phenoxy) is 2. The lowest BCUT2D eigenvalue weighted by molar-refractivity contribution is -0.122. The van der Waals surface area contributed by atoms with Gasteiger partial charge in [-0.15, -0.1) is 0 Å². The van der Waals surface area contributed by atoms with Crippen LogP contribution >= 0.6 is 0 Å². The monoisotopic (exact) mass is 465 g/mol. The Morgan fingerprint density at radius 2 is 1.81 bits per heavy atom. The predicted octanol–water partition coefficient (Wildman–Crippen LogP) is 1.69. The van der Waals surface area contributed by atoms with E-state index in [9.17, 15) is 17.6 Å². The lowest BCUT2D eigenvalue weighted by atomic mass is 10.0. The highest BCUT2D eigenvalue weighted by Crippen LogP contribution is 2.24. The van der Waals surface area contributed by atoms with Crippen molar-refractivity contribution < 1.29 is 27.1 Å². The maximum absolute atomic E-state index is 13.9. The van der Waals surface area contributed by atoms with Crippen molar-refractivity contribution in [3.8, 4) is 5.75 Å². The van der Waals surface area contributed by atoms with Gasteiger partial charge in [-0.3, -0.25) is 9.69 Å². The first-order chi connectivity index (χ1) is 15.3. The zero-order chi connectivity index (χ0) is 23.1. The molecule has 0 aliphatic carbocycles. The Labute approximate surface area is 187 Å². The molecule has 2 aromatic carbocycles. The minimum absolute atomic E-state index is 0.121. The van der Waals surface area contributed by atoms with Crippen LogP contribution in [-0.2, 0) is 19.6 Å². The summed E-state index contributed by atoms with van der Waals surface area (Å²) in [5, 5.41) is 2.82. The van der Waals surface area contributed by atoms with Crippen LogP contribution in [0, 0.1) is 5.82 Å². The van der Waals surface area contributed by atoms with E-state index in [1.807, 2.05) is 24.3 Å². The van der Waals surface area contributed by atoms with Crippen LogP contribution in [0.5, 0.6) is 5.75 Å². The molecule has 1 aliphatic heterocycles. The molecule has 1 heterocycles. The van der Waals surface area contributed by atoms with E-state index < -0.39 is 32.7 Å². The Morgan fingerprint density at radius 3 is 2.44 bits per heavy atom. The molecule has 10 heteroatoms. The summed E-state index contributed by atoms with van der Waals surface area (Å²) in [5.41, 5.74) is 0.993. The van der Waals surface area contributed by atoms with E-state index in [1.54, 1.807) is 7.11 Å². The fourth-order valence-corrected chi connectivity index (χ4v) is 4.82. The summed E-state index contributed by atoms with van der Waals surface area (Å²) in [7, 11) is -2.59. The highest BCUT2D eigenvalue weighted by molar-refractivity contribution is 7.89. The second-order valence-electron chi connectivity index (χ2n) is 7.46. The largest absolute Gasteiger partial charge is 0.497 e. The molecule has 1 saturated heterocycles. The third-order valence-electron chi connectivity index (χ3n) is 5.31. The van der Waals surface area contributed by atoms with Gasteiger partial charge in [0, 0.05) is 19.6 Å². The highest BCUT2D eigenvalue weighted by Gasteiger charge is 2.27. The van der Waals surface area contributed by atoms with Gasteiger partial charge in [0.1, 0.15) is 16.5 Å². The van der Waals surface area contributed by atoms with Gasteiger partial charge < -0.3 is 14.8 Å². The van der Waals surface area contributed by atoms with Crippen molar-refractivity contribution in [2.24, 2.45) is 0 Å². The Morgan fingerprint density at radius 1 is 1.16 bits per heavy atom. The van der Waals surface area contributed by atoms with Crippen LogP contribution in [0.2, 0.25) is 0 Å². The van der Waals surface area contributed by atoms with Crippen molar-refractivity contribution in [1.82, 2.24) is 14.9 Å². The lowest BCUT2D eigenvalue weighted by Crippen LogP contribution is -2.48. The van der Waals surface area contributed by atoms with Gasteiger partial charge in [-0.25, -0.2) is 12.8 Å². The molecule has 2 N–H and O–H groups in total. The van der Waals surface area contributed by atoms with Crippen molar-refractivity contribution in [2.45, 2.75) is 23.9 Å². The number of carbonyl (C=O) groups excluding carboxylic acids is 1. The van der Waals surface area contributed by atoms with Crippen LogP contribution in [0.15, 0.2) is 53.4 Å². The number of sulfonamides is 1. The molecule has 2 atom stereocenters. The van der Waals surface area contributed by atoms with E-state index in [4.69, 9.17) is 9.47 Å². The molecule has 8 nitrogen and oxygen atoms in total. The zero-order valence-corrected chi connectivity index (χ0v) is 18.9. The molecule has 0 radical (unpaired) electrons. The molecule has 0 saturated carbocycles. The van der Waals surface area contributed by atoms with Crippen LogP contribution in [0.1, 0.15) is 18.5 Å². The van der Waals surface area contributed by atoms with Gasteiger partial charge in [0.15, 0.2) is 0 Å². The van der Waals surface area contributed by atoms with Gasteiger partial charge in [0.05, 0.1) is 32.4 Å². The molecule has 1 amide bonds. The van der Waals surface area contributed by atoms with E-state index in [2.05, 4.69) is 14.9 Å². The number of hydrogen-bond donors (Lipinski definition) is 2. The summed E-state index contributed by atoms with van der Waals surface area (Å²) < 4.78 is 51.7. The molecule has 174 valence electrons. The van der Waals surface area contributed by atoms with Gasteiger partial charge in [0.2, 0.25) is 15.9 Å². The van der Waals surface area contributed by atoms with Gasteiger partial charge >= 0.3 is 0 Å². The standard InChI is InChI=1S/C22H28FN3O5S/c1-16(25-32(28,29)21-6-4-3-5-19(21)23)22(27)24-15-20(26-11-13-31-14-12-26)17-7-9-18(30-2)10-8-17/h3-10,16,20,25H,11-15H2,1-2H3,(H,24,27)/t16-,20?/m0/s1. The minimum atomic E-state index is -4.18. The van der Waals surface area contributed by atoms with E-state index in [1.165, 1.54) is 19.1 Å². The fourth-order valence-electron chi connectivity index (χ4n) is 3.54. The maximum atomic E-state index is 13.9. The topological polar surface area (TPSA) is 97.0 Å². The number of hydrogen-bond acceptors (Lipinski definition) is 6. The van der Waals surface area contributed by atoms with E-state index in [-0.39, 0.29) is 12.6 Å². The molecule has 32 heavy (non-hydrogen) atoms. The second-order valence-corrected chi connectivity index (χ2v) is 9.14. The maximum Gasteiger partial charge on any atom is 0.244 e. The molecule has 0 bridgehead atoms. The zero-order valence-electron chi connectivity index (χ0n) is 18.1. The van der Waals surface area contributed by atoms with Gasteiger partial charge in [-0.05, 0) is 36.8 Å². The molecule has 2 aromatic rings. The number of halogens is 1. The summed E-state index contributed by atoms with van der Waals surface area (Å²) >= 11 is 0. The quantitative estimate of drug-likeness (QED) is 0.585. The number of rotatable bonds is 9. The Kier molecular flexibility index (Phi) is 8.19. The molecule has 3 rings (SSSR count). The third kappa shape index (κ3) is 6.04. The highest BCUT2D eigenvalue weighted by atomic mass is 32.2. The summed E-state index contributed by atoms with van der Waals surface area (Å²) in [6, 6.07) is 11.4. The normalized spacial score (nSPS) is 16.8. The Hall–Kier alpha value is -2.53. The smallest absolute Gasteiger partial charge is 0.244 e. The number of benzene rings is 2. The average molecular weight is 466 g/mol. The average Bonchev–Trinajstić information content (AvgIpc) is 2.80. The Balaban J connectivity index is 1.67. The third-order valence-corrected chi connectivity index (χ3v) is 6.88. The minimum Gasteiger partial charge on any atom is -0.497 e. The van der Waals surface area contributed by atoms with Crippen molar-refractivity contribution >= 4 is 15.9 Å². The van der Waals surface area contributed by atoms with Crippen molar-refractivity contribution in [2.75, 3.05) is 40.0 Å². The van der Waals surface area contributed by atoms with Crippen LogP contribution in [0.3, 0.4) is 0 Å². The predicted molar refractivity (Wildman–Crippen MR) is 117 cm³/mol. The summed E-state index contributed by atoms with van der Waals surface area (Å²) in [6.45, 7) is 4.31. The lowest BCUT2D eigenvalue weighted by Gasteiger charge is -2.35. The summed E-state index contributed by atoms with van der Waals surface area (Å²) in [4.78, 5) is 14.4. The van der Waals surface area contributed by atoms with Gasteiger partial charge in [0.25, 0.3) is 0 Å². The summed E-state index contributed by atoms with van der Waals surface area (Å²) in [6.07, 6.45) is 0. The number of methoxy groups -OCH3 is 1. The number of nitrogens with zero attached hydrogens (tertiary/aromatic N) is 1. The van der Waals surface area contributed by atoms with E-state index in [0.29, 0.717) is 26.3 Å². The number of amides is 1. The first kappa shape index (κ1) is 24.1.